The SMILES string of the molecule is CC1(N)CCCCC1C(=O)NCCN1CCN(c2ncccn2)CC1. The zero-order valence-electron chi connectivity index (χ0n) is 15.2. The van der Waals surface area contributed by atoms with Crippen LogP contribution in [0.2, 0.25) is 0 Å². The van der Waals surface area contributed by atoms with Crippen LogP contribution in [0.25, 0.3) is 0 Å². The van der Waals surface area contributed by atoms with Crippen LogP contribution in [0.5, 0.6) is 0 Å². The largest absolute Gasteiger partial charge is 0.355 e. The van der Waals surface area contributed by atoms with Crippen LogP contribution in [0.15, 0.2) is 18.5 Å². The normalized spacial score (nSPS) is 27.9. The molecule has 2 atom stereocenters. The van der Waals surface area contributed by atoms with Gasteiger partial charge in [0.05, 0.1) is 5.92 Å². The predicted molar refractivity (Wildman–Crippen MR) is 98.2 cm³/mol. The van der Waals surface area contributed by atoms with Gasteiger partial charge >= 0.3 is 0 Å². The van der Waals surface area contributed by atoms with Gasteiger partial charge in [0.25, 0.3) is 0 Å². The second kappa shape index (κ2) is 8.10. The van der Waals surface area contributed by atoms with Crippen LogP contribution in [0.4, 0.5) is 5.95 Å². The Morgan fingerprint density at radius 3 is 2.68 bits per heavy atom. The Hall–Kier alpha value is -1.73. The Balaban J connectivity index is 1.38. The summed E-state index contributed by atoms with van der Waals surface area (Å²) in [6.45, 7) is 7.35. The van der Waals surface area contributed by atoms with Crippen LogP contribution in [0, 0.1) is 5.92 Å². The van der Waals surface area contributed by atoms with Crippen molar-refractivity contribution in [1.29, 1.82) is 0 Å². The van der Waals surface area contributed by atoms with E-state index < -0.39 is 0 Å². The zero-order valence-corrected chi connectivity index (χ0v) is 15.2. The maximum Gasteiger partial charge on any atom is 0.225 e. The highest BCUT2D eigenvalue weighted by molar-refractivity contribution is 5.80. The molecule has 2 fully saturated rings. The molecular weight excluding hydrogens is 316 g/mol. The van der Waals surface area contributed by atoms with E-state index in [2.05, 4.69) is 25.1 Å². The van der Waals surface area contributed by atoms with Gasteiger partial charge in [-0.15, -0.1) is 0 Å². The number of hydrogen-bond acceptors (Lipinski definition) is 6. The first-order valence-electron chi connectivity index (χ1n) is 9.37. The molecule has 0 bridgehead atoms. The van der Waals surface area contributed by atoms with Crippen molar-refractivity contribution in [3.8, 4) is 0 Å². The van der Waals surface area contributed by atoms with Crippen molar-refractivity contribution in [1.82, 2.24) is 20.2 Å². The summed E-state index contributed by atoms with van der Waals surface area (Å²) in [4.78, 5) is 25.7. The van der Waals surface area contributed by atoms with E-state index in [0.29, 0.717) is 6.54 Å². The van der Waals surface area contributed by atoms with Gasteiger partial charge in [-0.3, -0.25) is 9.69 Å². The average molecular weight is 346 g/mol. The smallest absolute Gasteiger partial charge is 0.225 e. The van der Waals surface area contributed by atoms with Crippen LogP contribution in [-0.4, -0.2) is 65.6 Å². The number of carbonyl (C=O) groups excluding carboxylic acids is 1. The molecule has 0 spiro atoms. The number of rotatable bonds is 5. The number of carbonyl (C=O) groups is 1. The predicted octanol–water partition coefficient (Wildman–Crippen LogP) is 0.622. The van der Waals surface area contributed by atoms with E-state index in [1.54, 1.807) is 12.4 Å². The number of anilines is 1. The highest BCUT2D eigenvalue weighted by Crippen LogP contribution is 2.31. The molecule has 7 heteroatoms. The summed E-state index contributed by atoms with van der Waals surface area (Å²) in [7, 11) is 0. The summed E-state index contributed by atoms with van der Waals surface area (Å²) in [5.74, 6) is 0.879. The van der Waals surface area contributed by atoms with Gasteiger partial charge in [0.1, 0.15) is 0 Å². The molecule has 1 saturated heterocycles. The first-order chi connectivity index (χ1) is 12.1. The number of nitrogens with two attached hydrogens (primary N) is 1. The van der Waals surface area contributed by atoms with E-state index in [4.69, 9.17) is 5.73 Å². The number of nitrogens with one attached hydrogen (secondary N) is 1. The van der Waals surface area contributed by atoms with E-state index in [0.717, 1.165) is 64.4 Å². The number of nitrogens with zero attached hydrogens (tertiary/aromatic N) is 4. The fourth-order valence-corrected chi connectivity index (χ4v) is 3.88. The van der Waals surface area contributed by atoms with E-state index in [-0.39, 0.29) is 17.4 Å². The number of aromatic nitrogens is 2. The molecule has 138 valence electrons. The zero-order chi connectivity index (χ0) is 17.7. The minimum Gasteiger partial charge on any atom is -0.355 e. The second-order valence-corrected chi connectivity index (χ2v) is 7.47. The molecule has 1 aromatic rings. The standard InChI is InChI=1S/C18H30N6O/c1-18(19)6-3-2-5-15(18)16(25)20-9-10-23-11-13-24(14-12-23)17-21-7-4-8-22-17/h4,7-8,15H,2-3,5-6,9-14,19H2,1H3,(H,20,25). The Labute approximate surface area is 150 Å². The maximum absolute atomic E-state index is 12.5. The summed E-state index contributed by atoms with van der Waals surface area (Å²) in [6, 6.07) is 1.83. The maximum atomic E-state index is 12.5. The molecule has 2 aliphatic rings. The van der Waals surface area contributed by atoms with Gasteiger partial charge in [-0.1, -0.05) is 12.8 Å². The minimum atomic E-state index is -0.357. The summed E-state index contributed by atoms with van der Waals surface area (Å²) in [5, 5.41) is 3.10. The van der Waals surface area contributed by atoms with Gasteiger partial charge < -0.3 is 16.0 Å². The Kier molecular flexibility index (Phi) is 5.86. The monoisotopic (exact) mass is 346 g/mol. The van der Waals surface area contributed by atoms with E-state index in [1.807, 2.05) is 13.0 Å². The number of hydrogen-bond donors (Lipinski definition) is 2. The van der Waals surface area contributed by atoms with Crippen molar-refractivity contribution in [2.24, 2.45) is 11.7 Å². The van der Waals surface area contributed by atoms with Crippen LogP contribution in [-0.2, 0) is 4.79 Å². The van der Waals surface area contributed by atoms with Crippen LogP contribution < -0.4 is 16.0 Å². The third-order valence-electron chi connectivity index (χ3n) is 5.51. The lowest BCUT2D eigenvalue weighted by molar-refractivity contribution is -0.128. The minimum absolute atomic E-state index is 0.0478. The molecule has 1 saturated carbocycles. The van der Waals surface area contributed by atoms with Gasteiger partial charge in [0.2, 0.25) is 11.9 Å². The third kappa shape index (κ3) is 4.67. The molecule has 1 aromatic heterocycles. The molecule has 1 aliphatic carbocycles. The van der Waals surface area contributed by atoms with Gasteiger partial charge in [-0.25, -0.2) is 9.97 Å². The van der Waals surface area contributed by atoms with Crippen LogP contribution in [0.1, 0.15) is 32.6 Å². The fourth-order valence-electron chi connectivity index (χ4n) is 3.88. The summed E-state index contributed by atoms with van der Waals surface area (Å²) >= 11 is 0. The Bertz CT molecular complexity index is 556. The summed E-state index contributed by atoms with van der Waals surface area (Å²) in [6.07, 6.45) is 7.64. The topological polar surface area (TPSA) is 87.4 Å². The van der Waals surface area contributed by atoms with Crippen molar-refractivity contribution in [2.75, 3.05) is 44.2 Å². The van der Waals surface area contributed by atoms with Crippen molar-refractivity contribution < 1.29 is 4.79 Å². The van der Waals surface area contributed by atoms with E-state index in [1.165, 1.54) is 0 Å². The molecule has 2 unspecified atom stereocenters. The number of amides is 1. The van der Waals surface area contributed by atoms with Crippen molar-refractivity contribution in [2.45, 2.75) is 38.1 Å². The summed E-state index contributed by atoms with van der Waals surface area (Å²) in [5.41, 5.74) is 5.96. The second-order valence-electron chi connectivity index (χ2n) is 7.47. The highest BCUT2D eigenvalue weighted by Gasteiger charge is 2.37. The van der Waals surface area contributed by atoms with Crippen molar-refractivity contribution in [3.05, 3.63) is 18.5 Å². The summed E-state index contributed by atoms with van der Waals surface area (Å²) < 4.78 is 0. The molecule has 1 amide bonds. The fraction of sp³-hybridized carbons (Fsp3) is 0.722. The molecular formula is C18H30N6O. The Morgan fingerprint density at radius 1 is 1.28 bits per heavy atom. The number of piperazine rings is 1. The van der Waals surface area contributed by atoms with Gasteiger partial charge in [-0.05, 0) is 25.8 Å². The lowest BCUT2D eigenvalue weighted by Crippen LogP contribution is -2.54. The Morgan fingerprint density at radius 2 is 2.00 bits per heavy atom. The first kappa shape index (κ1) is 18.1. The average Bonchev–Trinajstić information content (AvgIpc) is 2.62. The van der Waals surface area contributed by atoms with E-state index in [9.17, 15) is 4.79 Å². The first-order valence-corrected chi connectivity index (χ1v) is 9.37. The van der Waals surface area contributed by atoms with Crippen LogP contribution in [0.3, 0.4) is 0 Å². The van der Waals surface area contributed by atoms with Crippen LogP contribution >= 0.6 is 0 Å². The molecule has 0 radical (unpaired) electrons. The van der Waals surface area contributed by atoms with Gasteiger partial charge in [0.15, 0.2) is 0 Å². The molecule has 3 rings (SSSR count). The molecule has 1 aliphatic heterocycles. The molecule has 2 heterocycles. The van der Waals surface area contributed by atoms with Crippen molar-refractivity contribution in [3.63, 3.8) is 0 Å². The lowest BCUT2D eigenvalue weighted by Gasteiger charge is -2.37. The molecule has 25 heavy (non-hydrogen) atoms. The highest BCUT2D eigenvalue weighted by atomic mass is 16.1. The van der Waals surface area contributed by atoms with Gasteiger partial charge in [-0.2, -0.15) is 0 Å². The molecule has 0 aromatic carbocycles. The van der Waals surface area contributed by atoms with Crippen molar-refractivity contribution >= 4 is 11.9 Å². The third-order valence-corrected chi connectivity index (χ3v) is 5.51. The molecule has 7 nitrogen and oxygen atoms in total. The lowest BCUT2D eigenvalue weighted by atomic mass is 9.74. The van der Waals surface area contributed by atoms with Gasteiger partial charge in [0, 0.05) is 57.2 Å². The molecule has 3 N–H and O–H groups in total. The van der Waals surface area contributed by atoms with E-state index >= 15 is 0 Å². The quantitative estimate of drug-likeness (QED) is 0.813.